The summed E-state index contributed by atoms with van der Waals surface area (Å²) in [5, 5.41) is 10.9. The van der Waals surface area contributed by atoms with Crippen molar-refractivity contribution in [1.82, 2.24) is 0 Å². The molecule has 0 unspecified atom stereocenters. The summed E-state index contributed by atoms with van der Waals surface area (Å²) in [6.07, 6.45) is 0. The standard InChI is InChI=1S/C21H19O3/c22-14-18-8-4-10-20(12-18)24-16-19-9-5-11-21(13-19)23-15-17-6-2-1-3-7-17/h1-13H,14-16H2. The Kier molecular flexibility index (Phi) is 5.48. The van der Waals surface area contributed by atoms with Gasteiger partial charge in [-0.25, -0.2) is 5.11 Å². The molecule has 0 aliphatic rings. The lowest BCUT2D eigenvalue weighted by Gasteiger charge is -2.10. The van der Waals surface area contributed by atoms with Crippen LogP contribution >= 0.6 is 0 Å². The van der Waals surface area contributed by atoms with Crippen LogP contribution in [0.5, 0.6) is 11.5 Å². The van der Waals surface area contributed by atoms with Crippen molar-refractivity contribution in [3.63, 3.8) is 0 Å². The molecule has 3 aromatic carbocycles. The number of hydrogen-bond acceptors (Lipinski definition) is 2. The Balaban J connectivity index is 1.58. The van der Waals surface area contributed by atoms with Crippen molar-refractivity contribution in [3.8, 4) is 11.5 Å². The molecule has 0 aromatic heterocycles. The second-order valence-electron chi connectivity index (χ2n) is 5.50. The lowest BCUT2D eigenvalue weighted by molar-refractivity contribution is 0.177. The third-order valence-corrected chi connectivity index (χ3v) is 3.62. The largest absolute Gasteiger partial charge is 0.489 e. The average molecular weight is 319 g/mol. The van der Waals surface area contributed by atoms with E-state index in [9.17, 15) is 5.11 Å². The van der Waals surface area contributed by atoms with E-state index in [4.69, 9.17) is 9.47 Å². The maximum atomic E-state index is 10.9. The Bertz CT molecular complexity index is 769. The first-order valence-corrected chi connectivity index (χ1v) is 7.89. The van der Waals surface area contributed by atoms with Crippen molar-refractivity contribution >= 4 is 0 Å². The molecule has 0 aliphatic heterocycles. The zero-order valence-electron chi connectivity index (χ0n) is 13.4. The first-order valence-electron chi connectivity index (χ1n) is 7.89. The van der Waals surface area contributed by atoms with E-state index in [0.717, 1.165) is 22.4 Å². The minimum atomic E-state index is -0.236. The van der Waals surface area contributed by atoms with Crippen LogP contribution in [-0.2, 0) is 24.9 Å². The van der Waals surface area contributed by atoms with Crippen LogP contribution in [0.1, 0.15) is 16.7 Å². The Labute approximate surface area is 142 Å². The van der Waals surface area contributed by atoms with E-state index in [1.54, 1.807) is 12.1 Å². The smallest absolute Gasteiger partial charge is 0.120 e. The van der Waals surface area contributed by atoms with Crippen LogP contribution in [0.15, 0.2) is 78.9 Å². The lowest BCUT2D eigenvalue weighted by Crippen LogP contribution is -1.98. The van der Waals surface area contributed by atoms with E-state index in [0.29, 0.717) is 19.0 Å². The van der Waals surface area contributed by atoms with Crippen LogP contribution < -0.4 is 9.47 Å². The van der Waals surface area contributed by atoms with Gasteiger partial charge in [-0.15, -0.1) is 0 Å². The van der Waals surface area contributed by atoms with Crippen LogP contribution in [0.3, 0.4) is 0 Å². The molecular formula is C21H19O3. The third kappa shape index (κ3) is 4.61. The fourth-order valence-electron chi connectivity index (χ4n) is 2.36. The van der Waals surface area contributed by atoms with Gasteiger partial charge in [-0.05, 0) is 41.0 Å². The predicted molar refractivity (Wildman–Crippen MR) is 92.4 cm³/mol. The Morgan fingerprint density at radius 1 is 0.583 bits per heavy atom. The fourth-order valence-corrected chi connectivity index (χ4v) is 2.36. The number of rotatable bonds is 7. The first-order chi connectivity index (χ1) is 11.8. The Hall–Kier alpha value is -2.78. The number of hydrogen-bond donors (Lipinski definition) is 0. The molecule has 3 heteroatoms. The van der Waals surface area contributed by atoms with Crippen molar-refractivity contribution in [3.05, 3.63) is 95.6 Å². The summed E-state index contributed by atoms with van der Waals surface area (Å²) in [6, 6.07) is 25.2. The van der Waals surface area contributed by atoms with Gasteiger partial charge in [-0.2, -0.15) is 0 Å². The molecule has 0 spiro atoms. The van der Waals surface area contributed by atoms with E-state index in [1.807, 2.05) is 66.7 Å². The molecule has 24 heavy (non-hydrogen) atoms. The monoisotopic (exact) mass is 319 g/mol. The van der Waals surface area contributed by atoms with E-state index < -0.39 is 0 Å². The average Bonchev–Trinajstić information content (AvgIpc) is 2.66. The van der Waals surface area contributed by atoms with Gasteiger partial charge < -0.3 is 9.47 Å². The maximum Gasteiger partial charge on any atom is 0.120 e. The van der Waals surface area contributed by atoms with E-state index >= 15 is 0 Å². The number of ether oxygens (including phenoxy) is 2. The highest BCUT2D eigenvalue weighted by Gasteiger charge is 2.01. The summed E-state index contributed by atoms with van der Waals surface area (Å²) in [4.78, 5) is 0. The van der Waals surface area contributed by atoms with Gasteiger partial charge in [0.25, 0.3) is 0 Å². The summed E-state index contributed by atoms with van der Waals surface area (Å²) in [6.45, 7) is 0.738. The van der Waals surface area contributed by atoms with Crippen LogP contribution in [0.2, 0.25) is 0 Å². The predicted octanol–water partition coefficient (Wildman–Crippen LogP) is 4.78. The van der Waals surface area contributed by atoms with E-state index in [-0.39, 0.29) is 6.61 Å². The lowest BCUT2D eigenvalue weighted by atomic mass is 10.2. The second kappa shape index (κ2) is 8.18. The maximum absolute atomic E-state index is 10.9. The molecule has 3 aromatic rings. The molecule has 0 saturated carbocycles. The molecule has 3 nitrogen and oxygen atoms in total. The molecular weight excluding hydrogens is 300 g/mol. The van der Waals surface area contributed by atoms with Crippen molar-refractivity contribution in [2.45, 2.75) is 19.8 Å². The quantitative estimate of drug-likeness (QED) is 0.629. The third-order valence-electron chi connectivity index (χ3n) is 3.62. The zero-order chi connectivity index (χ0) is 16.6. The minimum absolute atomic E-state index is 0.236. The SMILES string of the molecule is [O]Cc1cccc(OCc2cccc(OCc3ccccc3)c2)c1. The molecule has 0 bridgehead atoms. The second-order valence-corrected chi connectivity index (χ2v) is 5.50. The molecule has 0 N–H and O–H groups in total. The first kappa shape index (κ1) is 16.1. The zero-order valence-corrected chi connectivity index (χ0v) is 13.4. The summed E-state index contributed by atoms with van der Waals surface area (Å²) >= 11 is 0. The van der Waals surface area contributed by atoms with Gasteiger partial charge in [-0.3, -0.25) is 0 Å². The Morgan fingerprint density at radius 2 is 1.12 bits per heavy atom. The Morgan fingerprint density at radius 3 is 1.79 bits per heavy atom. The van der Waals surface area contributed by atoms with Gasteiger partial charge in [0.2, 0.25) is 0 Å². The van der Waals surface area contributed by atoms with Crippen molar-refractivity contribution in [2.75, 3.05) is 0 Å². The number of benzene rings is 3. The fraction of sp³-hybridized carbons (Fsp3) is 0.143. The summed E-state index contributed by atoms with van der Waals surface area (Å²) < 4.78 is 11.6. The highest BCUT2D eigenvalue weighted by molar-refractivity contribution is 5.31. The molecule has 121 valence electrons. The topological polar surface area (TPSA) is 38.4 Å². The molecule has 0 heterocycles. The van der Waals surface area contributed by atoms with Crippen LogP contribution in [0.4, 0.5) is 0 Å². The molecule has 3 rings (SSSR count). The van der Waals surface area contributed by atoms with E-state index in [1.165, 1.54) is 0 Å². The normalized spacial score (nSPS) is 10.4. The van der Waals surface area contributed by atoms with Crippen LogP contribution in [0.25, 0.3) is 0 Å². The highest BCUT2D eigenvalue weighted by Crippen LogP contribution is 2.19. The summed E-state index contributed by atoms with van der Waals surface area (Å²) in [7, 11) is 0. The summed E-state index contributed by atoms with van der Waals surface area (Å²) in [5.41, 5.74) is 2.88. The van der Waals surface area contributed by atoms with E-state index in [2.05, 4.69) is 0 Å². The molecule has 0 fully saturated rings. The van der Waals surface area contributed by atoms with Gasteiger partial charge in [0, 0.05) is 0 Å². The van der Waals surface area contributed by atoms with Gasteiger partial charge in [-0.1, -0.05) is 54.6 Å². The van der Waals surface area contributed by atoms with Crippen molar-refractivity contribution in [2.24, 2.45) is 0 Å². The molecule has 0 amide bonds. The van der Waals surface area contributed by atoms with Crippen molar-refractivity contribution in [1.29, 1.82) is 0 Å². The highest BCUT2D eigenvalue weighted by atomic mass is 16.5. The molecule has 0 atom stereocenters. The molecule has 1 radical (unpaired) electrons. The van der Waals surface area contributed by atoms with Crippen LogP contribution in [0, 0.1) is 0 Å². The summed E-state index contributed by atoms with van der Waals surface area (Å²) in [5.74, 6) is 1.52. The van der Waals surface area contributed by atoms with Gasteiger partial charge in [0.05, 0.1) is 0 Å². The van der Waals surface area contributed by atoms with Gasteiger partial charge >= 0.3 is 0 Å². The van der Waals surface area contributed by atoms with Crippen LogP contribution in [-0.4, -0.2) is 0 Å². The molecule has 0 saturated heterocycles. The van der Waals surface area contributed by atoms with Gasteiger partial charge in [0.1, 0.15) is 31.3 Å². The minimum Gasteiger partial charge on any atom is -0.489 e. The van der Waals surface area contributed by atoms with Gasteiger partial charge in [0.15, 0.2) is 0 Å². The molecule has 0 aliphatic carbocycles. The van der Waals surface area contributed by atoms with Crippen molar-refractivity contribution < 1.29 is 14.6 Å².